The summed E-state index contributed by atoms with van der Waals surface area (Å²) >= 11 is 0. The van der Waals surface area contributed by atoms with E-state index in [1.807, 2.05) is 0 Å². The van der Waals surface area contributed by atoms with E-state index in [1.54, 1.807) is 4.90 Å². The van der Waals surface area contributed by atoms with Crippen LogP contribution in [0.4, 0.5) is 13.2 Å². The van der Waals surface area contributed by atoms with Crippen molar-refractivity contribution in [3.05, 3.63) is 29.8 Å². The Morgan fingerprint density at radius 3 is 2.32 bits per heavy atom. The molecule has 2 fully saturated rings. The Bertz CT molecular complexity index is 533. The van der Waals surface area contributed by atoms with Gasteiger partial charge >= 0.3 is 6.18 Å². The Balaban J connectivity index is 1.51. The predicted molar refractivity (Wildman–Crippen MR) is 73.4 cm³/mol. The van der Waals surface area contributed by atoms with Crippen LogP contribution < -0.4 is 10.1 Å². The third-order valence-corrected chi connectivity index (χ3v) is 4.29. The molecular formula is C15H17F3N2O2. The molecule has 120 valence electrons. The summed E-state index contributed by atoms with van der Waals surface area (Å²) in [5.74, 6) is 1.17. The summed E-state index contributed by atoms with van der Waals surface area (Å²) in [6.45, 7) is 3.19. The van der Waals surface area contributed by atoms with Crippen molar-refractivity contribution in [3.63, 3.8) is 0 Å². The molecule has 0 spiro atoms. The lowest BCUT2D eigenvalue weighted by Crippen LogP contribution is -2.35. The first-order chi connectivity index (χ1) is 10.4. The fourth-order valence-corrected chi connectivity index (χ4v) is 3.04. The zero-order chi connectivity index (χ0) is 15.7. The van der Waals surface area contributed by atoms with Gasteiger partial charge < -0.3 is 15.0 Å². The standard InChI is InChI=1S/C15H17F3N2O2/c16-15(17,18)12-1-3-13(4-2-12)22-9-14(21)20-7-10-5-19-6-11(10)8-20/h1-4,10-11,19H,5-9H2/t10-,11+. The van der Waals surface area contributed by atoms with Crippen LogP contribution >= 0.6 is 0 Å². The number of nitrogens with one attached hydrogen (secondary N) is 1. The zero-order valence-corrected chi connectivity index (χ0v) is 11.9. The van der Waals surface area contributed by atoms with E-state index < -0.39 is 11.7 Å². The van der Waals surface area contributed by atoms with Gasteiger partial charge in [-0.2, -0.15) is 13.2 Å². The number of ether oxygens (including phenoxy) is 1. The number of hydrogen-bond donors (Lipinski definition) is 1. The molecule has 0 aromatic heterocycles. The van der Waals surface area contributed by atoms with Gasteiger partial charge in [-0.3, -0.25) is 4.79 Å². The number of rotatable bonds is 3. The third kappa shape index (κ3) is 3.19. The number of alkyl halides is 3. The molecule has 0 radical (unpaired) electrons. The fraction of sp³-hybridized carbons (Fsp3) is 0.533. The van der Waals surface area contributed by atoms with Crippen LogP contribution in [0, 0.1) is 11.8 Å². The molecule has 1 N–H and O–H groups in total. The molecule has 2 aliphatic rings. The van der Waals surface area contributed by atoms with Gasteiger partial charge in [0.25, 0.3) is 5.91 Å². The quantitative estimate of drug-likeness (QED) is 0.924. The smallest absolute Gasteiger partial charge is 0.416 e. The summed E-state index contributed by atoms with van der Waals surface area (Å²) < 4.78 is 42.6. The lowest BCUT2D eigenvalue weighted by Gasteiger charge is -2.17. The summed E-state index contributed by atoms with van der Waals surface area (Å²) in [5.41, 5.74) is -0.731. The molecule has 3 rings (SSSR count). The van der Waals surface area contributed by atoms with Crippen LogP contribution in [0.15, 0.2) is 24.3 Å². The number of likely N-dealkylation sites (tertiary alicyclic amines) is 1. The van der Waals surface area contributed by atoms with Crippen LogP contribution in [0.3, 0.4) is 0 Å². The second-order valence-electron chi connectivity index (χ2n) is 5.79. The minimum absolute atomic E-state index is 0.116. The van der Waals surface area contributed by atoms with Gasteiger partial charge in [0.2, 0.25) is 0 Å². The fourth-order valence-electron chi connectivity index (χ4n) is 3.04. The van der Waals surface area contributed by atoms with Gasteiger partial charge in [-0.05, 0) is 36.1 Å². The lowest BCUT2D eigenvalue weighted by molar-refractivity contribution is -0.137. The number of hydrogen-bond acceptors (Lipinski definition) is 3. The van der Waals surface area contributed by atoms with Gasteiger partial charge in [0.15, 0.2) is 6.61 Å². The van der Waals surface area contributed by atoms with Crippen LogP contribution in [0.2, 0.25) is 0 Å². The third-order valence-electron chi connectivity index (χ3n) is 4.29. The molecule has 7 heteroatoms. The molecule has 1 aromatic carbocycles. The molecular weight excluding hydrogens is 297 g/mol. The van der Waals surface area contributed by atoms with Crippen molar-refractivity contribution in [1.82, 2.24) is 10.2 Å². The van der Waals surface area contributed by atoms with Gasteiger partial charge in [0.1, 0.15) is 5.75 Å². The van der Waals surface area contributed by atoms with Crippen LogP contribution in [0.25, 0.3) is 0 Å². The summed E-state index contributed by atoms with van der Waals surface area (Å²) in [6, 6.07) is 4.37. The maximum absolute atomic E-state index is 12.4. The first-order valence-electron chi connectivity index (χ1n) is 7.22. The van der Waals surface area contributed by atoms with E-state index in [0.29, 0.717) is 11.8 Å². The molecule has 2 heterocycles. The van der Waals surface area contributed by atoms with E-state index in [0.717, 1.165) is 38.3 Å². The second kappa shape index (κ2) is 5.79. The topological polar surface area (TPSA) is 41.6 Å². The van der Waals surface area contributed by atoms with Crippen LogP contribution in [0.5, 0.6) is 5.75 Å². The van der Waals surface area contributed by atoms with E-state index in [-0.39, 0.29) is 18.3 Å². The number of carbonyl (C=O) groups excluding carboxylic acids is 1. The predicted octanol–water partition coefficient (Wildman–Crippen LogP) is 1.76. The molecule has 22 heavy (non-hydrogen) atoms. The molecule has 0 saturated carbocycles. The molecule has 0 unspecified atom stereocenters. The first kappa shape index (κ1) is 15.1. The Morgan fingerprint density at radius 1 is 1.18 bits per heavy atom. The number of nitrogens with zero attached hydrogens (tertiary/aromatic N) is 1. The Hall–Kier alpha value is -1.76. The van der Waals surface area contributed by atoms with E-state index in [2.05, 4.69) is 5.32 Å². The van der Waals surface area contributed by atoms with Gasteiger partial charge in [0.05, 0.1) is 5.56 Å². The summed E-state index contributed by atoms with van der Waals surface area (Å²) in [5, 5.41) is 3.30. The molecule has 4 nitrogen and oxygen atoms in total. The SMILES string of the molecule is O=C(COc1ccc(C(F)(F)F)cc1)N1C[C@H]2CNC[C@H]2C1. The molecule has 0 aliphatic carbocycles. The first-order valence-corrected chi connectivity index (χ1v) is 7.22. The maximum Gasteiger partial charge on any atom is 0.416 e. The molecule has 0 bridgehead atoms. The van der Waals surface area contributed by atoms with Crippen molar-refractivity contribution in [2.24, 2.45) is 11.8 Å². The van der Waals surface area contributed by atoms with Crippen molar-refractivity contribution in [3.8, 4) is 5.75 Å². The minimum atomic E-state index is -4.37. The summed E-state index contributed by atoms with van der Waals surface area (Å²) in [7, 11) is 0. The largest absolute Gasteiger partial charge is 0.484 e. The van der Waals surface area contributed by atoms with Gasteiger partial charge in [-0.25, -0.2) is 0 Å². The summed E-state index contributed by atoms with van der Waals surface area (Å²) in [4.78, 5) is 13.9. The Morgan fingerprint density at radius 2 is 1.77 bits per heavy atom. The molecule has 1 aromatic rings. The van der Waals surface area contributed by atoms with Crippen molar-refractivity contribution >= 4 is 5.91 Å². The summed E-state index contributed by atoms with van der Waals surface area (Å²) in [6.07, 6.45) is -4.37. The Labute approximate surface area is 126 Å². The number of benzene rings is 1. The van der Waals surface area contributed by atoms with E-state index in [4.69, 9.17) is 4.74 Å². The average Bonchev–Trinajstić information content (AvgIpc) is 3.05. The lowest BCUT2D eigenvalue weighted by atomic mass is 10.0. The number of halogens is 3. The highest BCUT2D eigenvalue weighted by Gasteiger charge is 2.38. The second-order valence-corrected chi connectivity index (χ2v) is 5.79. The van der Waals surface area contributed by atoms with Crippen molar-refractivity contribution < 1.29 is 22.7 Å². The highest BCUT2D eigenvalue weighted by molar-refractivity contribution is 5.78. The van der Waals surface area contributed by atoms with Gasteiger partial charge in [0, 0.05) is 26.2 Å². The van der Waals surface area contributed by atoms with Crippen molar-refractivity contribution in [2.45, 2.75) is 6.18 Å². The number of carbonyl (C=O) groups is 1. The minimum Gasteiger partial charge on any atom is -0.484 e. The highest BCUT2D eigenvalue weighted by Crippen LogP contribution is 2.30. The highest BCUT2D eigenvalue weighted by atomic mass is 19.4. The van der Waals surface area contributed by atoms with Crippen LogP contribution in [-0.2, 0) is 11.0 Å². The van der Waals surface area contributed by atoms with Gasteiger partial charge in [-0.1, -0.05) is 0 Å². The monoisotopic (exact) mass is 314 g/mol. The van der Waals surface area contributed by atoms with E-state index in [9.17, 15) is 18.0 Å². The van der Waals surface area contributed by atoms with E-state index >= 15 is 0 Å². The van der Waals surface area contributed by atoms with Crippen molar-refractivity contribution in [2.75, 3.05) is 32.8 Å². The van der Waals surface area contributed by atoms with Crippen molar-refractivity contribution in [1.29, 1.82) is 0 Å². The molecule has 2 saturated heterocycles. The number of amides is 1. The Kier molecular flexibility index (Phi) is 3.99. The zero-order valence-electron chi connectivity index (χ0n) is 11.9. The maximum atomic E-state index is 12.4. The number of fused-ring (bicyclic) bond motifs is 1. The molecule has 2 atom stereocenters. The van der Waals surface area contributed by atoms with Crippen LogP contribution in [0.1, 0.15) is 5.56 Å². The van der Waals surface area contributed by atoms with E-state index in [1.165, 1.54) is 12.1 Å². The average molecular weight is 314 g/mol. The normalized spacial score (nSPS) is 24.4. The molecule has 2 aliphatic heterocycles. The molecule has 1 amide bonds. The van der Waals surface area contributed by atoms with Crippen LogP contribution in [-0.4, -0.2) is 43.6 Å². The van der Waals surface area contributed by atoms with Gasteiger partial charge in [-0.15, -0.1) is 0 Å².